The molecule has 0 aliphatic heterocycles. The maximum atomic E-state index is 2.62. The Labute approximate surface area is 372 Å². The summed E-state index contributed by atoms with van der Waals surface area (Å²) in [5.41, 5.74) is 10.5. The highest BCUT2D eigenvalue weighted by Gasteiger charge is 2.44. The van der Waals surface area contributed by atoms with Crippen LogP contribution in [0.1, 0.15) is 0 Å². The predicted octanol–water partition coefficient (Wildman–Crippen LogP) is 12.4. The van der Waals surface area contributed by atoms with Crippen molar-refractivity contribution in [3.8, 4) is 17.1 Å². The molecule has 0 radical (unpaired) electrons. The van der Waals surface area contributed by atoms with Crippen LogP contribution in [0.2, 0.25) is 0 Å². The molecule has 13 aromatic rings. The summed E-state index contributed by atoms with van der Waals surface area (Å²) in [6.07, 6.45) is 0. The molecule has 0 unspecified atom stereocenters. The van der Waals surface area contributed by atoms with E-state index in [0.29, 0.717) is 0 Å². The number of hydrogen-bond donors (Lipinski definition) is 0. The van der Waals surface area contributed by atoms with Crippen LogP contribution in [-0.2, 0) is 0 Å². The topological polar surface area (TPSA) is 14.8 Å². The van der Waals surface area contributed by atoms with Crippen molar-refractivity contribution in [1.29, 1.82) is 0 Å². The third kappa shape index (κ3) is 5.21. The van der Waals surface area contributed by atoms with Crippen molar-refractivity contribution >= 4 is 94.2 Å². The van der Waals surface area contributed by atoms with Crippen LogP contribution in [-0.4, -0.2) is 21.8 Å². The highest BCUT2D eigenvalue weighted by atomic mass is 28.3. The normalized spacial score (nSPS) is 12.1. The Morgan fingerprint density at radius 2 is 0.609 bits per heavy atom. The van der Waals surface area contributed by atoms with E-state index in [0.717, 1.165) is 16.9 Å². The molecular weight excluding hydrogens is 791 g/mol. The van der Waals surface area contributed by atoms with Gasteiger partial charge in [0.2, 0.25) is 0 Å². The number of para-hydroxylation sites is 6. The Morgan fingerprint density at radius 1 is 0.250 bits per heavy atom. The summed E-state index contributed by atoms with van der Waals surface area (Å²) in [6, 6.07) is 92.6. The minimum absolute atomic E-state index is 1.13. The van der Waals surface area contributed by atoms with Gasteiger partial charge in [0.05, 0.1) is 44.5 Å². The molecule has 3 nitrogen and oxygen atoms in total. The summed E-state index contributed by atoms with van der Waals surface area (Å²) in [5.74, 6) is 0. The molecule has 0 saturated carbocycles. The van der Waals surface area contributed by atoms with Gasteiger partial charge in [-0.3, -0.25) is 0 Å². The zero-order chi connectivity index (χ0) is 42.2. The molecule has 0 atom stereocenters. The van der Waals surface area contributed by atoms with E-state index in [4.69, 9.17) is 0 Å². The van der Waals surface area contributed by atoms with Crippen molar-refractivity contribution < 1.29 is 0 Å². The molecule has 10 aromatic carbocycles. The van der Waals surface area contributed by atoms with E-state index in [1.807, 2.05) is 0 Å². The molecule has 4 heteroatoms. The molecule has 0 fully saturated rings. The number of nitrogens with zero attached hydrogens (tertiary/aromatic N) is 3. The molecule has 0 N–H and O–H groups in total. The zero-order valence-electron chi connectivity index (χ0n) is 35.0. The number of benzene rings is 10. The molecule has 0 amide bonds. The average molecular weight is 832 g/mol. The summed E-state index contributed by atoms with van der Waals surface area (Å²) in [6.45, 7) is 0. The zero-order valence-corrected chi connectivity index (χ0v) is 36.0. The summed E-state index contributed by atoms with van der Waals surface area (Å²) < 4.78 is 7.59. The largest absolute Gasteiger partial charge is 0.309 e. The molecule has 300 valence electrons. The third-order valence-corrected chi connectivity index (χ3v) is 18.4. The van der Waals surface area contributed by atoms with Gasteiger partial charge in [-0.05, 0) is 69.3 Å². The number of aromatic nitrogens is 3. The van der Waals surface area contributed by atoms with Gasteiger partial charge in [-0.25, -0.2) is 0 Å². The first-order chi connectivity index (χ1) is 31.8. The van der Waals surface area contributed by atoms with Gasteiger partial charge in [0.1, 0.15) is 0 Å². The molecule has 0 aliphatic rings. The lowest BCUT2D eigenvalue weighted by Gasteiger charge is -2.37. The van der Waals surface area contributed by atoms with Gasteiger partial charge in [0.25, 0.3) is 0 Å². The average Bonchev–Trinajstić information content (AvgIpc) is 4.01. The second kappa shape index (κ2) is 14.5. The first-order valence-corrected chi connectivity index (χ1v) is 24.1. The van der Waals surface area contributed by atoms with Crippen LogP contribution in [0.25, 0.3) is 82.5 Å². The molecular formula is C60H41N3Si. The highest BCUT2D eigenvalue weighted by molar-refractivity contribution is 7.20. The van der Waals surface area contributed by atoms with E-state index < -0.39 is 8.07 Å². The molecule has 3 heterocycles. The van der Waals surface area contributed by atoms with E-state index >= 15 is 0 Å². The molecule has 64 heavy (non-hydrogen) atoms. The Morgan fingerprint density at radius 3 is 1.05 bits per heavy atom. The van der Waals surface area contributed by atoms with Gasteiger partial charge < -0.3 is 13.7 Å². The van der Waals surface area contributed by atoms with Crippen molar-refractivity contribution in [2.75, 3.05) is 0 Å². The van der Waals surface area contributed by atoms with Crippen LogP contribution in [0, 0.1) is 0 Å². The van der Waals surface area contributed by atoms with Crippen LogP contribution in [0.3, 0.4) is 0 Å². The number of rotatable bonds is 7. The Bertz CT molecular complexity index is 3690. The number of hydrogen-bond acceptors (Lipinski definition) is 0. The van der Waals surface area contributed by atoms with Crippen molar-refractivity contribution in [1.82, 2.24) is 13.7 Å². The second-order valence-electron chi connectivity index (χ2n) is 16.8. The van der Waals surface area contributed by atoms with Gasteiger partial charge in [-0.1, -0.05) is 200 Å². The first kappa shape index (κ1) is 36.5. The standard InChI is InChI=1S/C60H41N3Si/c1-4-21-43(22-5-1)64(44-23-6-2-7-24-44,45-25-8-3-9-26-45)59-38-20-37-57(62-54-34-17-12-29-48(54)49-30-13-18-35-55(49)62)60(59)63-56-36-19-14-31-50(56)51-40-39-42(41-58(51)63)61-52-32-15-10-27-46(52)47-28-11-16-33-53(47)61/h1-41H. The van der Waals surface area contributed by atoms with Crippen LogP contribution >= 0.6 is 0 Å². The first-order valence-electron chi connectivity index (χ1n) is 22.1. The lowest BCUT2D eigenvalue weighted by Crippen LogP contribution is -2.75. The minimum atomic E-state index is -3.13. The van der Waals surface area contributed by atoms with Crippen LogP contribution in [0.15, 0.2) is 249 Å². The lowest BCUT2D eigenvalue weighted by atomic mass is 10.1. The molecule has 0 spiro atoms. The van der Waals surface area contributed by atoms with E-state index in [1.165, 1.54) is 86.3 Å². The highest BCUT2D eigenvalue weighted by Crippen LogP contribution is 2.40. The van der Waals surface area contributed by atoms with E-state index in [9.17, 15) is 0 Å². The van der Waals surface area contributed by atoms with Gasteiger partial charge in [-0.2, -0.15) is 0 Å². The van der Waals surface area contributed by atoms with Crippen molar-refractivity contribution in [2.24, 2.45) is 0 Å². The van der Waals surface area contributed by atoms with Crippen molar-refractivity contribution in [3.05, 3.63) is 249 Å². The molecule has 0 saturated heterocycles. The third-order valence-electron chi connectivity index (χ3n) is 13.6. The fraction of sp³-hybridized carbons (Fsp3) is 0. The van der Waals surface area contributed by atoms with E-state index in [1.54, 1.807) is 0 Å². The second-order valence-corrected chi connectivity index (χ2v) is 20.6. The van der Waals surface area contributed by atoms with Crippen LogP contribution in [0.4, 0.5) is 0 Å². The smallest absolute Gasteiger partial charge is 0.181 e. The quantitative estimate of drug-likeness (QED) is 0.112. The van der Waals surface area contributed by atoms with Crippen LogP contribution < -0.4 is 20.7 Å². The van der Waals surface area contributed by atoms with E-state index in [-0.39, 0.29) is 0 Å². The summed E-state index contributed by atoms with van der Waals surface area (Å²) >= 11 is 0. The van der Waals surface area contributed by atoms with Gasteiger partial charge in [-0.15, -0.1) is 0 Å². The summed E-state index contributed by atoms with van der Waals surface area (Å²) in [5, 5.41) is 12.7. The van der Waals surface area contributed by atoms with Gasteiger partial charge >= 0.3 is 0 Å². The maximum absolute atomic E-state index is 3.13. The summed E-state index contributed by atoms with van der Waals surface area (Å²) in [7, 11) is -3.13. The Kier molecular flexibility index (Phi) is 8.23. The van der Waals surface area contributed by atoms with Gasteiger partial charge in [0.15, 0.2) is 8.07 Å². The molecule has 3 aromatic heterocycles. The summed E-state index contributed by atoms with van der Waals surface area (Å²) in [4.78, 5) is 0. The monoisotopic (exact) mass is 831 g/mol. The molecule has 0 aliphatic carbocycles. The van der Waals surface area contributed by atoms with Crippen molar-refractivity contribution in [3.63, 3.8) is 0 Å². The number of fused-ring (bicyclic) bond motifs is 9. The SMILES string of the molecule is c1ccc([Si](c2ccccc2)(c2ccccc2)c2cccc(-n3c4ccccc4c4ccccc43)c2-n2c3ccccc3c3ccc(-n4c5ccccc5c5ccccc54)cc32)cc1. The predicted molar refractivity (Wildman–Crippen MR) is 273 cm³/mol. The Balaban J connectivity index is 1.25. The fourth-order valence-electron chi connectivity index (χ4n) is 11.0. The maximum Gasteiger partial charge on any atom is 0.181 e. The molecule has 0 bridgehead atoms. The van der Waals surface area contributed by atoms with Crippen molar-refractivity contribution in [2.45, 2.75) is 0 Å². The Hall–Kier alpha value is -8.18. The fourth-order valence-corrected chi connectivity index (χ4v) is 16.0. The van der Waals surface area contributed by atoms with Crippen LogP contribution in [0.5, 0.6) is 0 Å². The van der Waals surface area contributed by atoms with E-state index in [2.05, 4.69) is 262 Å². The van der Waals surface area contributed by atoms with Gasteiger partial charge in [0, 0.05) is 38.0 Å². The molecule has 13 rings (SSSR count). The lowest BCUT2D eigenvalue weighted by molar-refractivity contribution is 1.10. The minimum Gasteiger partial charge on any atom is -0.309 e.